The number of rotatable bonds is 5. The average Bonchev–Trinajstić information content (AvgIpc) is 3.04. The summed E-state index contributed by atoms with van der Waals surface area (Å²) in [5.74, 6) is -0.961. The number of fused-ring (bicyclic) bond motifs is 1. The Balaban J connectivity index is 1.62. The van der Waals surface area contributed by atoms with E-state index in [2.05, 4.69) is 15.6 Å². The molecule has 26 heavy (non-hydrogen) atoms. The quantitative estimate of drug-likeness (QED) is 0.714. The summed E-state index contributed by atoms with van der Waals surface area (Å²) in [6.07, 6.45) is 0. The largest absolute Gasteiger partial charge is 0.452 e. The van der Waals surface area contributed by atoms with E-state index in [9.17, 15) is 9.59 Å². The molecule has 0 aliphatic rings. The molecule has 0 saturated carbocycles. The third-order valence-corrected chi connectivity index (χ3v) is 4.04. The standard InChI is InChI=1S/C19H20N4O3/c1-4-23-17-8-6-14(10-16(17)21-22-23)19(25)26-11-18(24)20-15-7-5-12(2)9-13(15)3/h5-10H,4,11H2,1-3H3,(H,20,24). The zero-order valence-corrected chi connectivity index (χ0v) is 14.9. The molecule has 7 heteroatoms. The molecule has 0 aliphatic carbocycles. The Morgan fingerprint density at radius 3 is 2.69 bits per heavy atom. The number of nitrogens with one attached hydrogen (secondary N) is 1. The Labute approximate surface area is 151 Å². The Morgan fingerprint density at radius 1 is 1.15 bits per heavy atom. The van der Waals surface area contributed by atoms with E-state index in [0.29, 0.717) is 23.3 Å². The maximum absolute atomic E-state index is 12.2. The van der Waals surface area contributed by atoms with Crippen molar-refractivity contribution in [2.45, 2.75) is 27.3 Å². The molecule has 3 rings (SSSR count). The van der Waals surface area contributed by atoms with Crippen molar-refractivity contribution < 1.29 is 14.3 Å². The van der Waals surface area contributed by atoms with E-state index in [1.165, 1.54) is 0 Å². The molecule has 1 aromatic heterocycles. The first-order chi connectivity index (χ1) is 12.5. The Hall–Kier alpha value is -3.22. The zero-order chi connectivity index (χ0) is 18.7. The molecule has 3 aromatic rings. The summed E-state index contributed by atoms with van der Waals surface area (Å²) in [4.78, 5) is 24.2. The van der Waals surface area contributed by atoms with Gasteiger partial charge in [0.25, 0.3) is 5.91 Å². The van der Waals surface area contributed by atoms with Gasteiger partial charge in [-0.1, -0.05) is 22.9 Å². The van der Waals surface area contributed by atoms with Crippen LogP contribution in [0.3, 0.4) is 0 Å². The fraction of sp³-hybridized carbons (Fsp3) is 0.263. The van der Waals surface area contributed by atoms with E-state index in [0.717, 1.165) is 16.6 Å². The molecule has 0 atom stereocenters. The highest BCUT2D eigenvalue weighted by Gasteiger charge is 2.13. The number of aryl methyl sites for hydroxylation is 3. The van der Waals surface area contributed by atoms with E-state index in [-0.39, 0.29) is 12.5 Å². The van der Waals surface area contributed by atoms with Crippen molar-refractivity contribution in [1.82, 2.24) is 15.0 Å². The minimum atomic E-state index is -0.575. The number of aromatic nitrogens is 3. The van der Waals surface area contributed by atoms with Crippen molar-refractivity contribution >= 4 is 28.6 Å². The molecule has 1 heterocycles. The molecule has 0 unspecified atom stereocenters. The van der Waals surface area contributed by atoms with Crippen molar-refractivity contribution in [1.29, 1.82) is 0 Å². The predicted molar refractivity (Wildman–Crippen MR) is 98.0 cm³/mol. The summed E-state index contributed by atoms with van der Waals surface area (Å²) >= 11 is 0. The average molecular weight is 352 g/mol. The van der Waals surface area contributed by atoms with Crippen LogP contribution in [-0.2, 0) is 16.1 Å². The number of benzene rings is 2. The Bertz CT molecular complexity index is 978. The van der Waals surface area contributed by atoms with Crippen LogP contribution in [0.25, 0.3) is 11.0 Å². The predicted octanol–water partition coefficient (Wildman–Crippen LogP) is 2.86. The highest BCUT2D eigenvalue weighted by molar-refractivity contribution is 5.97. The van der Waals surface area contributed by atoms with E-state index in [4.69, 9.17) is 4.74 Å². The van der Waals surface area contributed by atoms with Crippen molar-refractivity contribution in [2.24, 2.45) is 0 Å². The highest BCUT2D eigenvalue weighted by Crippen LogP contribution is 2.16. The van der Waals surface area contributed by atoms with Gasteiger partial charge >= 0.3 is 5.97 Å². The Kier molecular flexibility index (Phi) is 4.97. The normalized spacial score (nSPS) is 10.7. The fourth-order valence-corrected chi connectivity index (χ4v) is 2.69. The van der Waals surface area contributed by atoms with Gasteiger partial charge in [-0.15, -0.1) is 5.10 Å². The number of carbonyl (C=O) groups excluding carboxylic acids is 2. The van der Waals surface area contributed by atoms with Crippen LogP contribution in [0.2, 0.25) is 0 Å². The van der Waals surface area contributed by atoms with E-state index < -0.39 is 5.97 Å². The van der Waals surface area contributed by atoms with Gasteiger partial charge < -0.3 is 10.1 Å². The number of amides is 1. The van der Waals surface area contributed by atoms with Crippen LogP contribution >= 0.6 is 0 Å². The number of anilines is 1. The number of hydrogen-bond acceptors (Lipinski definition) is 5. The maximum Gasteiger partial charge on any atom is 0.338 e. The number of hydrogen-bond donors (Lipinski definition) is 1. The van der Waals surface area contributed by atoms with Crippen LogP contribution in [0.4, 0.5) is 5.69 Å². The van der Waals surface area contributed by atoms with Crippen LogP contribution < -0.4 is 5.32 Å². The van der Waals surface area contributed by atoms with Crippen molar-refractivity contribution in [3.8, 4) is 0 Å². The van der Waals surface area contributed by atoms with Gasteiger partial charge in [-0.05, 0) is 50.6 Å². The monoisotopic (exact) mass is 352 g/mol. The van der Waals surface area contributed by atoms with Gasteiger partial charge in [0.05, 0.1) is 11.1 Å². The first-order valence-corrected chi connectivity index (χ1v) is 8.35. The minimum absolute atomic E-state index is 0.333. The molecule has 0 fully saturated rings. The van der Waals surface area contributed by atoms with Gasteiger partial charge in [-0.25, -0.2) is 9.48 Å². The number of esters is 1. The molecule has 0 saturated heterocycles. The summed E-state index contributed by atoms with van der Waals surface area (Å²) < 4.78 is 6.84. The SMILES string of the molecule is CCn1nnc2cc(C(=O)OCC(=O)Nc3ccc(C)cc3C)ccc21. The zero-order valence-electron chi connectivity index (χ0n) is 14.9. The lowest BCUT2D eigenvalue weighted by molar-refractivity contribution is -0.119. The van der Waals surface area contributed by atoms with Crippen LogP contribution in [-0.4, -0.2) is 33.5 Å². The fourth-order valence-electron chi connectivity index (χ4n) is 2.69. The topological polar surface area (TPSA) is 86.1 Å². The molecule has 0 spiro atoms. The summed E-state index contributed by atoms with van der Waals surface area (Å²) in [7, 11) is 0. The second-order valence-corrected chi connectivity index (χ2v) is 6.05. The first kappa shape index (κ1) is 17.6. The molecule has 134 valence electrons. The highest BCUT2D eigenvalue weighted by atomic mass is 16.5. The second kappa shape index (κ2) is 7.35. The van der Waals surface area contributed by atoms with Gasteiger partial charge in [0.1, 0.15) is 5.52 Å². The van der Waals surface area contributed by atoms with Crippen LogP contribution in [0.5, 0.6) is 0 Å². The lowest BCUT2D eigenvalue weighted by Crippen LogP contribution is -2.21. The lowest BCUT2D eigenvalue weighted by Gasteiger charge is -2.09. The maximum atomic E-state index is 12.2. The van der Waals surface area contributed by atoms with Crippen molar-refractivity contribution in [2.75, 3.05) is 11.9 Å². The third kappa shape index (κ3) is 3.72. The molecule has 1 amide bonds. The summed E-state index contributed by atoms with van der Waals surface area (Å²) in [6.45, 7) is 6.19. The molecule has 7 nitrogen and oxygen atoms in total. The molecule has 1 N–H and O–H groups in total. The van der Waals surface area contributed by atoms with Gasteiger partial charge in [0.2, 0.25) is 0 Å². The molecular formula is C19H20N4O3. The van der Waals surface area contributed by atoms with Crippen molar-refractivity contribution in [3.63, 3.8) is 0 Å². The molecule has 2 aromatic carbocycles. The minimum Gasteiger partial charge on any atom is -0.452 e. The van der Waals surface area contributed by atoms with E-state index >= 15 is 0 Å². The summed E-state index contributed by atoms with van der Waals surface area (Å²) in [5.41, 5.74) is 4.56. The van der Waals surface area contributed by atoms with Gasteiger partial charge in [-0.3, -0.25) is 4.79 Å². The molecule has 0 aliphatic heterocycles. The van der Waals surface area contributed by atoms with Gasteiger partial charge in [0, 0.05) is 12.2 Å². The van der Waals surface area contributed by atoms with Crippen molar-refractivity contribution in [3.05, 3.63) is 53.1 Å². The summed E-state index contributed by atoms with van der Waals surface area (Å²) in [6, 6.07) is 10.7. The molecule has 0 bridgehead atoms. The summed E-state index contributed by atoms with van der Waals surface area (Å²) in [5, 5.41) is 10.8. The number of ether oxygens (including phenoxy) is 1. The van der Waals surface area contributed by atoms with E-state index in [1.807, 2.05) is 39.0 Å². The Morgan fingerprint density at radius 2 is 1.96 bits per heavy atom. The van der Waals surface area contributed by atoms with Gasteiger partial charge in [0.15, 0.2) is 6.61 Å². The van der Waals surface area contributed by atoms with Crippen LogP contribution in [0.15, 0.2) is 36.4 Å². The van der Waals surface area contributed by atoms with Gasteiger partial charge in [-0.2, -0.15) is 0 Å². The van der Waals surface area contributed by atoms with E-state index in [1.54, 1.807) is 22.9 Å². The second-order valence-electron chi connectivity index (χ2n) is 6.05. The lowest BCUT2D eigenvalue weighted by atomic mass is 10.1. The van der Waals surface area contributed by atoms with Crippen LogP contribution in [0.1, 0.15) is 28.4 Å². The molecule has 0 radical (unpaired) electrons. The smallest absolute Gasteiger partial charge is 0.338 e. The first-order valence-electron chi connectivity index (χ1n) is 8.35. The van der Waals surface area contributed by atoms with Crippen LogP contribution in [0, 0.1) is 13.8 Å². The number of carbonyl (C=O) groups is 2. The third-order valence-electron chi connectivity index (χ3n) is 4.04. The number of nitrogens with zero attached hydrogens (tertiary/aromatic N) is 3. The molecular weight excluding hydrogens is 332 g/mol.